The summed E-state index contributed by atoms with van der Waals surface area (Å²) in [6, 6.07) is 7.55. The van der Waals surface area contributed by atoms with Crippen molar-refractivity contribution in [1.82, 2.24) is 4.90 Å². The molecule has 1 aliphatic rings. The van der Waals surface area contributed by atoms with Crippen molar-refractivity contribution in [3.63, 3.8) is 0 Å². The van der Waals surface area contributed by atoms with Crippen LogP contribution in [0.25, 0.3) is 0 Å². The molecule has 0 N–H and O–H groups in total. The number of fused-ring (bicyclic) bond motifs is 1. The zero-order chi connectivity index (χ0) is 11.7. The molecular weight excluding hydrogens is 202 g/mol. The Morgan fingerprint density at radius 3 is 2.62 bits per heavy atom. The van der Waals surface area contributed by atoms with Crippen molar-refractivity contribution in [2.45, 2.75) is 12.8 Å². The van der Waals surface area contributed by atoms with Crippen molar-refractivity contribution in [2.24, 2.45) is 5.92 Å². The minimum Gasteiger partial charge on any atom is -0.349 e. The lowest BCUT2D eigenvalue weighted by Gasteiger charge is -2.25. The van der Waals surface area contributed by atoms with E-state index in [1.54, 1.807) is 19.0 Å². The molecule has 0 aliphatic heterocycles. The van der Waals surface area contributed by atoms with E-state index >= 15 is 0 Å². The molecule has 1 aromatic carbocycles. The molecule has 0 fully saturated rings. The number of carbonyl (C=O) groups excluding carboxylic acids is 2. The molecule has 3 heteroatoms. The molecule has 0 heterocycles. The summed E-state index contributed by atoms with van der Waals surface area (Å²) in [7, 11) is 3.46. The van der Waals surface area contributed by atoms with Crippen LogP contribution >= 0.6 is 0 Å². The normalized spacial score (nSPS) is 19.1. The van der Waals surface area contributed by atoms with E-state index in [1.165, 1.54) is 0 Å². The monoisotopic (exact) mass is 217 g/mol. The topological polar surface area (TPSA) is 37.4 Å². The highest BCUT2D eigenvalue weighted by Crippen LogP contribution is 2.26. The molecule has 1 amide bonds. The molecular formula is C13H15NO2. The molecule has 1 aromatic rings. The van der Waals surface area contributed by atoms with E-state index in [2.05, 4.69) is 0 Å². The number of hydrogen-bond acceptors (Lipinski definition) is 2. The van der Waals surface area contributed by atoms with Crippen molar-refractivity contribution in [2.75, 3.05) is 14.1 Å². The van der Waals surface area contributed by atoms with Crippen LogP contribution in [0.15, 0.2) is 24.3 Å². The Kier molecular flexibility index (Phi) is 2.77. The van der Waals surface area contributed by atoms with Gasteiger partial charge in [0, 0.05) is 32.0 Å². The van der Waals surface area contributed by atoms with E-state index in [-0.39, 0.29) is 17.6 Å². The summed E-state index contributed by atoms with van der Waals surface area (Å²) in [4.78, 5) is 25.2. The van der Waals surface area contributed by atoms with Crippen molar-refractivity contribution in [3.05, 3.63) is 35.4 Å². The van der Waals surface area contributed by atoms with Gasteiger partial charge in [-0.3, -0.25) is 9.59 Å². The average molecular weight is 217 g/mol. The van der Waals surface area contributed by atoms with Crippen LogP contribution in [0.2, 0.25) is 0 Å². The van der Waals surface area contributed by atoms with Crippen LogP contribution in [0, 0.1) is 5.92 Å². The molecule has 16 heavy (non-hydrogen) atoms. The minimum absolute atomic E-state index is 0.0443. The van der Waals surface area contributed by atoms with Gasteiger partial charge in [0.05, 0.1) is 0 Å². The lowest BCUT2D eigenvalue weighted by molar-refractivity contribution is -0.132. The number of rotatable bonds is 1. The highest BCUT2D eigenvalue weighted by atomic mass is 16.2. The van der Waals surface area contributed by atoms with Crippen LogP contribution in [0.5, 0.6) is 0 Å². The summed E-state index contributed by atoms with van der Waals surface area (Å²) in [6.45, 7) is 0. The van der Waals surface area contributed by atoms with Crippen molar-refractivity contribution in [1.29, 1.82) is 0 Å². The molecule has 0 radical (unpaired) electrons. The second kappa shape index (κ2) is 4.08. The van der Waals surface area contributed by atoms with Crippen LogP contribution in [-0.2, 0) is 11.2 Å². The first-order valence-corrected chi connectivity index (χ1v) is 5.42. The number of nitrogens with zero attached hydrogens (tertiary/aromatic N) is 1. The molecule has 1 unspecified atom stereocenters. The number of amides is 1. The van der Waals surface area contributed by atoms with Gasteiger partial charge in [0.1, 0.15) is 0 Å². The second-order valence-corrected chi connectivity index (χ2v) is 4.42. The number of carbonyl (C=O) groups is 2. The van der Waals surface area contributed by atoms with Crippen LogP contribution in [0.4, 0.5) is 0 Å². The molecule has 1 aliphatic carbocycles. The van der Waals surface area contributed by atoms with Gasteiger partial charge in [0.25, 0.3) is 0 Å². The Morgan fingerprint density at radius 1 is 1.25 bits per heavy atom. The van der Waals surface area contributed by atoms with Gasteiger partial charge in [0.15, 0.2) is 5.78 Å². The molecule has 0 bridgehead atoms. The third-order valence-corrected chi connectivity index (χ3v) is 3.01. The fourth-order valence-corrected chi connectivity index (χ4v) is 2.18. The van der Waals surface area contributed by atoms with Gasteiger partial charge in [-0.05, 0) is 12.0 Å². The fraction of sp³-hybridized carbons (Fsp3) is 0.385. The third-order valence-electron chi connectivity index (χ3n) is 3.01. The van der Waals surface area contributed by atoms with Crippen LogP contribution in [0.1, 0.15) is 22.3 Å². The minimum atomic E-state index is -0.183. The Morgan fingerprint density at radius 2 is 1.94 bits per heavy atom. The Hall–Kier alpha value is -1.64. The van der Waals surface area contributed by atoms with Crippen LogP contribution in [0.3, 0.4) is 0 Å². The maximum Gasteiger partial charge on any atom is 0.225 e. The van der Waals surface area contributed by atoms with Gasteiger partial charge in [-0.1, -0.05) is 24.3 Å². The van der Waals surface area contributed by atoms with Crippen molar-refractivity contribution in [3.8, 4) is 0 Å². The number of benzene rings is 1. The first-order valence-electron chi connectivity index (χ1n) is 5.42. The Bertz CT molecular complexity index is 437. The lowest BCUT2D eigenvalue weighted by Crippen LogP contribution is -2.35. The SMILES string of the molecule is CN(C)C(=O)C1CC(=O)c2ccccc2C1. The predicted molar refractivity (Wildman–Crippen MR) is 61.3 cm³/mol. The van der Waals surface area contributed by atoms with Crippen molar-refractivity contribution < 1.29 is 9.59 Å². The van der Waals surface area contributed by atoms with Crippen LogP contribution in [-0.4, -0.2) is 30.7 Å². The van der Waals surface area contributed by atoms with E-state index in [1.807, 2.05) is 24.3 Å². The summed E-state index contributed by atoms with van der Waals surface area (Å²) >= 11 is 0. The first-order chi connectivity index (χ1) is 7.59. The molecule has 84 valence electrons. The Balaban J connectivity index is 2.28. The van der Waals surface area contributed by atoms with Gasteiger partial charge in [-0.25, -0.2) is 0 Å². The largest absolute Gasteiger partial charge is 0.349 e. The number of Topliss-reactive ketones (excluding diaryl/α,β-unsaturated/α-hetero) is 1. The van der Waals surface area contributed by atoms with Gasteiger partial charge < -0.3 is 4.90 Å². The fourth-order valence-electron chi connectivity index (χ4n) is 2.18. The molecule has 3 nitrogen and oxygen atoms in total. The number of hydrogen-bond donors (Lipinski definition) is 0. The van der Waals surface area contributed by atoms with Crippen molar-refractivity contribution >= 4 is 11.7 Å². The smallest absolute Gasteiger partial charge is 0.225 e. The highest BCUT2D eigenvalue weighted by molar-refractivity contribution is 6.01. The quantitative estimate of drug-likeness (QED) is 0.715. The highest BCUT2D eigenvalue weighted by Gasteiger charge is 2.30. The van der Waals surface area contributed by atoms with Crippen LogP contribution < -0.4 is 0 Å². The zero-order valence-electron chi connectivity index (χ0n) is 9.56. The van der Waals surface area contributed by atoms with E-state index < -0.39 is 0 Å². The predicted octanol–water partition coefficient (Wildman–Crippen LogP) is 1.52. The standard InChI is InChI=1S/C13H15NO2/c1-14(2)13(16)10-7-9-5-3-4-6-11(9)12(15)8-10/h3-6,10H,7-8H2,1-2H3. The zero-order valence-corrected chi connectivity index (χ0v) is 9.56. The van der Waals surface area contributed by atoms with E-state index in [0.717, 1.165) is 11.1 Å². The number of ketones is 1. The van der Waals surface area contributed by atoms with E-state index in [4.69, 9.17) is 0 Å². The molecule has 2 rings (SSSR count). The second-order valence-electron chi connectivity index (χ2n) is 4.42. The maximum absolute atomic E-state index is 11.9. The molecule has 0 spiro atoms. The third kappa shape index (κ3) is 1.85. The first kappa shape index (κ1) is 10.9. The van der Waals surface area contributed by atoms with E-state index in [0.29, 0.717) is 12.8 Å². The summed E-state index contributed by atoms with van der Waals surface area (Å²) in [5, 5.41) is 0. The average Bonchev–Trinajstić information content (AvgIpc) is 2.28. The van der Waals surface area contributed by atoms with Gasteiger partial charge >= 0.3 is 0 Å². The lowest BCUT2D eigenvalue weighted by atomic mass is 9.82. The summed E-state index contributed by atoms with van der Waals surface area (Å²) in [5.74, 6) is -0.0534. The van der Waals surface area contributed by atoms with E-state index in [9.17, 15) is 9.59 Å². The summed E-state index contributed by atoms with van der Waals surface area (Å²) in [5.41, 5.74) is 1.78. The molecule has 0 aromatic heterocycles. The molecule has 0 saturated carbocycles. The summed E-state index contributed by atoms with van der Waals surface area (Å²) < 4.78 is 0. The maximum atomic E-state index is 11.9. The van der Waals surface area contributed by atoms with Gasteiger partial charge in [-0.15, -0.1) is 0 Å². The van der Waals surface area contributed by atoms with Gasteiger partial charge in [0.2, 0.25) is 5.91 Å². The summed E-state index contributed by atoms with van der Waals surface area (Å²) in [6.07, 6.45) is 1.02. The molecule has 1 atom stereocenters. The Labute approximate surface area is 95.1 Å². The molecule has 0 saturated heterocycles. The van der Waals surface area contributed by atoms with Gasteiger partial charge in [-0.2, -0.15) is 0 Å².